The van der Waals surface area contributed by atoms with Crippen LogP contribution in [0.1, 0.15) is 85.5 Å². The predicted molar refractivity (Wildman–Crippen MR) is 80.6 cm³/mol. The minimum Gasteiger partial charge on any atom is -0.458 e. The molecule has 0 aliphatic heterocycles. The maximum absolute atomic E-state index is 11.7. The summed E-state index contributed by atoms with van der Waals surface area (Å²) in [7, 11) is 0. The molecule has 0 amide bonds. The highest BCUT2D eigenvalue weighted by atomic mass is 17.1. The Balaban J connectivity index is 3.67. The number of unbranched alkanes of at least 4 members (excludes halogenated alkanes) is 7. The third-order valence-corrected chi connectivity index (χ3v) is 3.12. The van der Waals surface area contributed by atoms with Gasteiger partial charge in [-0.1, -0.05) is 58.3 Å². The van der Waals surface area contributed by atoms with Crippen LogP contribution >= 0.6 is 0 Å². The average molecular weight is 288 g/mol. The number of carbonyl (C=O) groups excluding carboxylic acids is 1. The molecule has 0 radical (unpaired) electrons. The lowest BCUT2D eigenvalue weighted by Gasteiger charge is -2.22. The molecule has 0 aliphatic rings. The van der Waals surface area contributed by atoms with Crippen molar-refractivity contribution in [1.29, 1.82) is 0 Å². The summed E-state index contributed by atoms with van der Waals surface area (Å²) in [4.78, 5) is 16.0. The minimum absolute atomic E-state index is 0.483. The molecular formula is C16H32O4. The highest BCUT2D eigenvalue weighted by molar-refractivity contribution is 5.74. The van der Waals surface area contributed by atoms with Crippen molar-refractivity contribution in [3.63, 3.8) is 0 Å². The van der Waals surface area contributed by atoms with Gasteiger partial charge < -0.3 is 4.74 Å². The largest absolute Gasteiger partial charge is 0.458 e. The van der Waals surface area contributed by atoms with Crippen molar-refractivity contribution in [2.45, 2.75) is 97.2 Å². The molecule has 0 rings (SSSR count). The smallest absolute Gasteiger partial charge is 0.339 e. The maximum Gasteiger partial charge on any atom is 0.339 e. The van der Waals surface area contributed by atoms with Crippen molar-refractivity contribution in [3.05, 3.63) is 0 Å². The van der Waals surface area contributed by atoms with Gasteiger partial charge in [0.15, 0.2) is 6.10 Å². The number of rotatable bonds is 11. The number of ether oxygens (including phenoxy) is 1. The van der Waals surface area contributed by atoms with E-state index in [1.54, 1.807) is 20.8 Å². The molecule has 0 aromatic rings. The molecule has 20 heavy (non-hydrogen) atoms. The Morgan fingerprint density at radius 1 is 1.00 bits per heavy atom. The van der Waals surface area contributed by atoms with Crippen molar-refractivity contribution < 1.29 is 19.7 Å². The second-order valence-corrected chi connectivity index (χ2v) is 6.39. The van der Waals surface area contributed by atoms with E-state index in [2.05, 4.69) is 11.8 Å². The van der Waals surface area contributed by atoms with Crippen molar-refractivity contribution >= 4 is 5.97 Å². The lowest BCUT2D eigenvalue weighted by Crippen LogP contribution is -2.33. The molecule has 1 atom stereocenters. The van der Waals surface area contributed by atoms with Crippen LogP contribution in [-0.2, 0) is 14.4 Å². The second kappa shape index (κ2) is 11.1. The van der Waals surface area contributed by atoms with Crippen LogP contribution in [0.2, 0.25) is 0 Å². The summed E-state index contributed by atoms with van der Waals surface area (Å²) in [5.74, 6) is -0.483. The SMILES string of the molecule is CCCCCCCCCCC(OO)C(=O)OC(C)(C)C. The summed E-state index contributed by atoms with van der Waals surface area (Å²) in [6.07, 6.45) is 9.22. The minimum atomic E-state index is -0.852. The fourth-order valence-corrected chi connectivity index (χ4v) is 2.04. The molecule has 0 spiro atoms. The van der Waals surface area contributed by atoms with Crippen molar-refractivity contribution in [3.8, 4) is 0 Å². The first-order valence-corrected chi connectivity index (χ1v) is 7.93. The van der Waals surface area contributed by atoms with Crippen LogP contribution in [0.5, 0.6) is 0 Å². The third kappa shape index (κ3) is 11.2. The van der Waals surface area contributed by atoms with E-state index >= 15 is 0 Å². The van der Waals surface area contributed by atoms with Gasteiger partial charge in [0.1, 0.15) is 5.60 Å². The van der Waals surface area contributed by atoms with E-state index in [1.165, 1.54) is 38.5 Å². The Morgan fingerprint density at radius 2 is 1.50 bits per heavy atom. The first-order valence-electron chi connectivity index (χ1n) is 7.93. The second-order valence-electron chi connectivity index (χ2n) is 6.39. The van der Waals surface area contributed by atoms with Crippen LogP contribution in [0.25, 0.3) is 0 Å². The van der Waals surface area contributed by atoms with Gasteiger partial charge in [-0.15, -0.1) is 0 Å². The predicted octanol–water partition coefficient (Wildman–Crippen LogP) is 4.72. The Bertz CT molecular complexity index is 245. The van der Waals surface area contributed by atoms with E-state index < -0.39 is 17.7 Å². The van der Waals surface area contributed by atoms with Gasteiger partial charge in [-0.2, -0.15) is 0 Å². The lowest BCUT2D eigenvalue weighted by molar-refractivity contribution is -0.281. The summed E-state index contributed by atoms with van der Waals surface area (Å²) in [6.45, 7) is 7.62. The van der Waals surface area contributed by atoms with Gasteiger partial charge in [0.25, 0.3) is 0 Å². The Kier molecular flexibility index (Phi) is 10.8. The molecule has 0 saturated heterocycles. The molecule has 120 valence electrons. The van der Waals surface area contributed by atoms with Gasteiger partial charge in [0.2, 0.25) is 0 Å². The first-order chi connectivity index (χ1) is 9.40. The van der Waals surface area contributed by atoms with Crippen LogP contribution in [0.15, 0.2) is 0 Å². The summed E-state index contributed by atoms with van der Waals surface area (Å²) >= 11 is 0. The maximum atomic E-state index is 11.7. The monoisotopic (exact) mass is 288 g/mol. The molecule has 0 saturated carbocycles. The van der Waals surface area contributed by atoms with E-state index in [-0.39, 0.29) is 0 Å². The zero-order valence-electron chi connectivity index (χ0n) is 13.6. The number of hydrogen-bond donors (Lipinski definition) is 1. The molecule has 0 aliphatic carbocycles. The Hall–Kier alpha value is -0.610. The fraction of sp³-hybridized carbons (Fsp3) is 0.938. The van der Waals surface area contributed by atoms with E-state index in [0.717, 1.165) is 12.8 Å². The Morgan fingerprint density at radius 3 is 1.95 bits per heavy atom. The lowest BCUT2D eigenvalue weighted by atomic mass is 10.1. The van der Waals surface area contributed by atoms with E-state index in [1.807, 2.05) is 0 Å². The number of carbonyl (C=O) groups is 1. The van der Waals surface area contributed by atoms with Crippen LogP contribution in [-0.4, -0.2) is 22.9 Å². The van der Waals surface area contributed by atoms with E-state index in [0.29, 0.717) is 6.42 Å². The van der Waals surface area contributed by atoms with E-state index in [9.17, 15) is 4.79 Å². The molecule has 4 nitrogen and oxygen atoms in total. The van der Waals surface area contributed by atoms with Crippen molar-refractivity contribution in [2.75, 3.05) is 0 Å². The molecule has 0 aromatic carbocycles. The fourth-order valence-electron chi connectivity index (χ4n) is 2.04. The topological polar surface area (TPSA) is 55.8 Å². The van der Waals surface area contributed by atoms with Crippen LogP contribution in [0, 0.1) is 0 Å². The molecule has 0 bridgehead atoms. The molecule has 4 heteroatoms. The third-order valence-electron chi connectivity index (χ3n) is 3.12. The zero-order chi connectivity index (χ0) is 15.4. The molecule has 0 fully saturated rings. The molecule has 0 heterocycles. The van der Waals surface area contributed by atoms with Crippen LogP contribution < -0.4 is 0 Å². The average Bonchev–Trinajstić information content (AvgIpc) is 2.35. The van der Waals surface area contributed by atoms with Crippen LogP contribution in [0.4, 0.5) is 0 Å². The molecule has 1 N–H and O–H groups in total. The van der Waals surface area contributed by atoms with Crippen molar-refractivity contribution in [2.24, 2.45) is 0 Å². The van der Waals surface area contributed by atoms with Gasteiger partial charge in [-0.3, -0.25) is 5.26 Å². The number of hydrogen-bond acceptors (Lipinski definition) is 4. The van der Waals surface area contributed by atoms with Gasteiger partial charge in [0, 0.05) is 0 Å². The number of esters is 1. The van der Waals surface area contributed by atoms with Gasteiger partial charge in [-0.05, 0) is 27.2 Å². The molecular weight excluding hydrogens is 256 g/mol. The zero-order valence-corrected chi connectivity index (χ0v) is 13.6. The normalized spacial score (nSPS) is 13.2. The van der Waals surface area contributed by atoms with Gasteiger partial charge in [-0.25, -0.2) is 9.68 Å². The van der Waals surface area contributed by atoms with Gasteiger partial charge >= 0.3 is 5.97 Å². The summed E-state index contributed by atoms with van der Waals surface area (Å²) < 4.78 is 5.19. The molecule has 0 aromatic heterocycles. The first kappa shape index (κ1) is 19.4. The van der Waals surface area contributed by atoms with E-state index in [4.69, 9.17) is 9.99 Å². The van der Waals surface area contributed by atoms with Gasteiger partial charge in [0.05, 0.1) is 0 Å². The van der Waals surface area contributed by atoms with Crippen LogP contribution in [0.3, 0.4) is 0 Å². The summed E-state index contributed by atoms with van der Waals surface area (Å²) in [5, 5.41) is 8.79. The summed E-state index contributed by atoms with van der Waals surface area (Å²) in [6, 6.07) is 0. The standard InChI is InChI=1S/C16H32O4/c1-5-6-7-8-9-10-11-12-13-14(20-18)15(17)19-16(2,3)4/h14,18H,5-13H2,1-4H3. The molecule has 1 unspecified atom stereocenters. The Labute approximate surface area is 123 Å². The van der Waals surface area contributed by atoms with Crippen molar-refractivity contribution in [1.82, 2.24) is 0 Å². The summed E-state index contributed by atoms with van der Waals surface area (Å²) in [5.41, 5.74) is -0.548. The quantitative estimate of drug-likeness (QED) is 0.259. The highest BCUT2D eigenvalue weighted by Gasteiger charge is 2.25. The highest BCUT2D eigenvalue weighted by Crippen LogP contribution is 2.15.